The Labute approximate surface area is 129 Å². The third kappa shape index (κ3) is 3.23. The van der Waals surface area contributed by atoms with Gasteiger partial charge in [0.15, 0.2) is 5.16 Å². The number of aromatic nitrogens is 3. The Kier molecular flexibility index (Phi) is 4.21. The summed E-state index contributed by atoms with van der Waals surface area (Å²) in [4.78, 5) is 16.6. The van der Waals surface area contributed by atoms with Crippen molar-refractivity contribution in [1.29, 1.82) is 0 Å². The SMILES string of the molecule is COC(=O)C1(NC2CC2)CCCC(Sc2ncnn2C)C1. The molecule has 2 aliphatic carbocycles. The Morgan fingerprint density at radius 2 is 2.33 bits per heavy atom. The molecule has 116 valence electrons. The Morgan fingerprint density at radius 1 is 1.52 bits per heavy atom. The molecule has 0 radical (unpaired) electrons. The van der Waals surface area contributed by atoms with Crippen LogP contribution >= 0.6 is 11.8 Å². The first kappa shape index (κ1) is 14.8. The van der Waals surface area contributed by atoms with Crippen molar-refractivity contribution in [2.45, 2.75) is 60.5 Å². The maximum absolute atomic E-state index is 12.3. The highest BCUT2D eigenvalue weighted by molar-refractivity contribution is 7.99. The number of rotatable bonds is 5. The summed E-state index contributed by atoms with van der Waals surface area (Å²) in [6.07, 6.45) is 7.70. The van der Waals surface area contributed by atoms with Crippen LogP contribution in [0.2, 0.25) is 0 Å². The number of carbonyl (C=O) groups is 1. The molecule has 2 atom stereocenters. The summed E-state index contributed by atoms with van der Waals surface area (Å²) in [5.74, 6) is -0.113. The summed E-state index contributed by atoms with van der Waals surface area (Å²) in [5.41, 5.74) is -0.509. The van der Waals surface area contributed by atoms with Crippen LogP contribution in [0.3, 0.4) is 0 Å². The highest BCUT2D eigenvalue weighted by Crippen LogP contribution is 2.40. The highest BCUT2D eigenvalue weighted by Gasteiger charge is 2.47. The summed E-state index contributed by atoms with van der Waals surface area (Å²) in [5, 5.41) is 8.93. The van der Waals surface area contributed by atoms with Crippen LogP contribution in [-0.2, 0) is 16.6 Å². The van der Waals surface area contributed by atoms with Gasteiger partial charge in [-0.15, -0.1) is 0 Å². The first-order chi connectivity index (χ1) is 10.1. The van der Waals surface area contributed by atoms with Crippen molar-refractivity contribution in [2.24, 2.45) is 7.05 Å². The van der Waals surface area contributed by atoms with Crippen LogP contribution in [0, 0.1) is 0 Å². The molecule has 0 aliphatic heterocycles. The fraction of sp³-hybridized carbons (Fsp3) is 0.786. The van der Waals surface area contributed by atoms with Crippen LogP contribution in [-0.4, -0.2) is 44.7 Å². The number of carbonyl (C=O) groups excluding carboxylic acids is 1. The monoisotopic (exact) mass is 310 g/mol. The lowest BCUT2D eigenvalue weighted by Gasteiger charge is -2.39. The number of thioether (sulfide) groups is 1. The lowest BCUT2D eigenvalue weighted by atomic mass is 9.81. The summed E-state index contributed by atoms with van der Waals surface area (Å²) in [6.45, 7) is 0. The Balaban J connectivity index is 1.72. The van der Waals surface area contributed by atoms with Crippen LogP contribution < -0.4 is 5.32 Å². The molecule has 21 heavy (non-hydrogen) atoms. The van der Waals surface area contributed by atoms with E-state index >= 15 is 0 Å². The number of nitrogens with one attached hydrogen (secondary N) is 1. The Morgan fingerprint density at radius 3 is 2.95 bits per heavy atom. The van der Waals surface area contributed by atoms with Gasteiger partial charge >= 0.3 is 5.97 Å². The van der Waals surface area contributed by atoms with Crippen molar-refractivity contribution in [2.75, 3.05) is 7.11 Å². The van der Waals surface area contributed by atoms with Gasteiger partial charge < -0.3 is 4.74 Å². The number of hydrogen-bond donors (Lipinski definition) is 1. The lowest BCUT2D eigenvalue weighted by molar-refractivity contribution is -0.150. The molecule has 7 heteroatoms. The van der Waals surface area contributed by atoms with Crippen LogP contribution in [0.15, 0.2) is 11.5 Å². The third-order valence-corrected chi connectivity index (χ3v) is 5.60. The molecule has 0 saturated heterocycles. The van der Waals surface area contributed by atoms with E-state index in [1.54, 1.807) is 22.8 Å². The predicted molar refractivity (Wildman–Crippen MR) is 80.0 cm³/mol. The molecule has 0 bridgehead atoms. The van der Waals surface area contributed by atoms with Crippen molar-refractivity contribution >= 4 is 17.7 Å². The van der Waals surface area contributed by atoms with Gasteiger partial charge in [0.1, 0.15) is 11.9 Å². The van der Waals surface area contributed by atoms with Gasteiger partial charge in [-0.1, -0.05) is 11.8 Å². The summed E-state index contributed by atoms with van der Waals surface area (Å²) < 4.78 is 6.87. The van der Waals surface area contributed by atoms with Crippen molar-refractivity contribution in [1.82, 2.24) is 20.1 Å². The van der Waals surface area contributed by atoms with E-state index in [4.69, 9.17) is 4.74 Å². The normalized spacial score (nSPS) is 29.3. The number of hydrogen-bond acceptors (Lipinski definition) is 6. The van der Waals surface area contributed by atoms with Crippen molar-refractivity contribution in [3.8, 4) is 0 Å². The second-order valence-corrected chi connectivity index (χ2v) is 7.26. The molecule has 3 rings (SSSR count). The second kappa shape index (κ2) is 5.96. The number of nitrogens with zero attached hydrogens (tertiary/aromatic N) is 3. The molecule has 1 aromatic rings. The van der Waals surface area contributed by atoms with Gasteiger partial charge in [-0.3, -0.25) is 10.1 Å². The van der Waals surface area contributed by atoms with Crippen molar-refractivity contribution in [3.05, 3.63) is 6.33 Å². The first-order valence-electron chi connectivity index (χ1n) is 7.50. The molecule has 2 aliphatic rings. The first-order valence-corrected chi connectivity index (χ1v) is 8.38. The summed E-state index contributed by atoms with van der Waals surface area (Å²) in [6, 6.07) is 0.489. The molecule has 1 heterocycles. The van der Waals surface area contributed by atoms with E-state index in [1.165, 1.54) is 20.0 Å². The van der Waals surface area contributed by atoms with E-state index < -0.39 is 5.54 Å². The third-order valence-electron chi connectivity index (χ3n) is 4.28. The van der Waals surface area contributed by atoms with E-state index in [1.807, 2.05) is 7.05 Å². The quantitative estimate of drug-likeness (QED) is 0.832. The minimum Gasteiger partial charge on any atom is -0.468 e. The molecular formula is C14H22N4O2S. The number of methoxy groups -OCH3 is 1. The van der Waals surface area contributed by atoms with Crippen LogP contribution in [0.1, 0.15) is 38.5 Å². The number of ether oxygens (including phenoxy) is 1. The summed E-state index contributed by atoms with van der Waals surface area (Å²) in [7, 11) is 3.38. The largest absolute Gasteiger partial charge is 0.468 e. The average molecular weight is 310 g/mol. The van der Waals surface area contributed by atoms with Crippen LogP contribution in [0.4, 0.5) is 0 Å². The van der Waals surface area contributed by atoms with E-state index in [2.05, 4.69) is 15.4 Å². The number of esters is 1. The van der Waals surface area contributed by atoms with Crippen molar-refractivity contribution in [3.63, 3.8) is 0 Å². The molecule has 2 fully saturated rings. The minimum absolute atomic E-state index is 0.113. The summed E-state index contributed by atoms with van der Waals surface area (Å²) >= 11 is 1.72. The highest BCUT2D eigenvalue weighted by atomic mass is 32.2. The number of aryl methyl sites for hydroxylation is 1. The Hall–Kier alpha value is -1.08. The predicted octanol–water partition coefficient (Wildman–Crippen LogP) is 1.51. The minimum atomic E-state index is -0.509. The van der Waals surface area contributed by atoms with Crippen LogP contribution in [0.5, 0.6) is 0 Å². The van der Waals surface area contributed by atoms with Crippen molar-refractivity contribution < 1.29 is 9.53 Å². The molecule has 0 aromatic carbocycles. The molecular weight excluding hydrogens is 288 g/mol. The molecule has 0 spiro atoms. The van der Waals surface area contributed by atoms with Gasteiger partial charge in [0.05, 0.1) is 7.11 Å². The lowest BCUT2D eigenvalue weighted by Crippen LogP contribution is -2.56. The topological polar surface area (TPSA) is 69.0 Å². The maximum atomic E-state index is 12.3. The molecule has 1 aromatic heterocycles. The maximum Gasteiger partial charge on any atom is 0.326 e. The van der Waals surface area contributed by atoms with Gasteiger partial charge in [-0.2, -0.15) is 5.10 Å². The van der Waals surface area contributed by atoms with Gasteiger partial charge in [0, 0.05) is 18.3 Å². The molecule has 0 amide bonds. The van der Waals surface area contributed by atoms with Crippen LogP contribution in [0.25, 0.3) is 0 Å². The Bertz CT molecular complexity index is 517. The molecule has 2 saturated carbocycles. The fourth-order valence-corrected chi connectivity index (χ4v) is 4.31. The average Bonchev–Trinajstić information content (AvgIpc) is 3.20. The zero-order valence-corrected chi connectivity index (χ0v) is 13.4. The zero-order chi connectivity index (χ0) is 14.9. The van der Waals surface area contributed by atoms with E-state index in [9.17, 15) is 4.79 Å². The van der Waals surface area contributed by atoms with Gasteiger partial charge in [-0.25, -0.2) is 9.67 Å². The zero-order valence-electron chi connectivity index (χ0n) is 12.5. The molecule has 6 nitrogen and oxygen atoms in total. The standard InChI is InChI=1S/C14H22N4O2S/c1-18-13(15-9-16-18)21-11-4-3-7-14(8-11,12(19)20-2)17-10-5-6-10/h9-11,17H,3-8H2,1-2H3. The van der Waals surface area contributed by atoms with Gasteiger partial charge in [-0.05, 0) is 38.5 Å². The molecule has 2 unspecified atom stereocenters. The second-order valence-electron chi connectivity index (χ2n) is 5.99. The van der Waals surface area contributed by atoms with E-state index in [0.717, 1.165) is 30.8 Å². The van der Waals surface area contributed by atoms with E-state index in [0.29, 0.717) is 11.3 Å². The molecule has 1 N–H and O–H groups in total. The van der Waals surface area contributed by atoms with E-state index in [-0.39, 0.29) is 5.97 Å². The van der Waals surface area contributed by atoms with Gasteiger partial charge in [0.25, 0.3) is 0 Å². The fourth-order valence-electron chi connectivity index (χ4n) is 3.06. The van der Waals surface area contributed by atoms with Gasteiger partial charge in [0.2, 0.25) is 0 Å². The smallest absolute Gasteiger partial charge is 0.326 e.